The molecular weight excluding hydrogens is 222 g/mol. The molecule has 1 N–H and O–H groups in total. The van der Waals surface area contributed by atoms with Crippen molar-refractivity contribution in [2.45, 2.75) is 58.8 Å². The van der Waals surface area contributed by atoms with Gasteiger partial charge in [0, 0.05) is 30.6 Å². The maximum atomic E-state index is 4.72. The van der Waals surface area contributed by atoms with Crippen LogP contribution in [0.1, 0.15) is 63.9 Å². The Balaban J connectivity index is 2.08. The Morgan fingerprint density at radius 2 is 2.11 bits per heavy atom. The minimum Gasteiger partial charge on any atom is -0.370 e. The Morgan fingerprint density at radius 1 is 1.33 bits per heavy atom. The van der Waals surface area contributed by atoms with Gasteiger partial charge in [-0.3, -0.25) is 0 Å². The Bertz CT molecular complexity index is 383. The van der Waals surface area contributed by atoms with Crippen molar-refractivity contribution in [3.8, 4) is 0 Å². The van der Waals surface area contributed by atoms with Gasteiger partial charge in [0.1, 0.15) is 11.6 Å². The molecule has 18 heavy (non-hydrogen) atoms. The highest BCUT2D eigenvalue weighted by Crippen LogP contribution is 2.39. The van der Waals surface area contributed by atoms with E-state index in [1.165, 1.54) is 25.0 Å². The molecule has 1 aliphatic carbocycles. The number of aryl methyl sites for hydroxylation is 1. The standard InChI is InChI=1S/C15H25N3/c1-4-9-16-15-10-13(12-6-7-12)17-14(18-15)8-5-11(2)3/h10-12H,4-9H2,1-3H3,(H,16,17,18). The Kier molecular flexibility index (Phi) is 4.56. The van der Waals surface area contributed by atoms with E-state index in [1.807, 2.05) is 0 Å². The first-order chi connectivity index (χ1) is 8.69. The summed E-state index contributed by atoms with van der Waals surface area (Å²) < 4.78 is 0. The number of rotatable bonds is 7. The molecule has 0 bridgehead atoms. The summed E-state index contributed by atoms with van der Waals surface area (Å²) in [6.07, 6.45) is 5.90. The van der Waals surface area contributed by atoms with E-state index in [9.17, 15) is 0 Å². The highest BCUT2D eigenvalue weighted by atomic mass is 15.0. The van der Waals surface area contributed by atoms with Crippen LogP contribution in [0.3, 0.4) is 0 Å². The topological polar surface area (TPSA) is 37.8 Å². The van der Waals surface area contributed by atoms with Crippen LogP contribution >= 0.6 is 0 Å². The molecular formula is C15H25N3. The first-order valence-electron chi connectivity index (χ1n) is 7.30. The van der Waals surface area contributed by atoms with Gasteiger partial charge in [0.15, 0.2) is 0 Å². The highest BCUT2D eigenvalue weighted by molar-refractivity contribution is 5.38. The molecule has 100 valence electrons. The first kappa shape index (κ1) is 13.3. The van der Waals surface area contributed by atoms with Crippen molar-refractivity contribution in [1.82, 2.24) is 9.97 Å². The monoisotopic (exact) mass is 247 g/mol. The van der Waals surface area contributed by atoms with Gasteiger partial charge in [0.2, 0.25) is 0 Å². The maximum absolute atomic E-state index is 4.72. The number of aromatic nitrogens is 2. The molecule has 2 rings (SSSR count). The SMILES string of the molecule is CCCNc1cc(C2CC2)nc(CCC(C)C)n1. The van der Waals surface area contributed by atoms with Gasteiger partial charge in [0.05, 0.1) is 0 Å². The lowest BCUT2D eigenvalue weighted by Crippen LogP contribution is -2.07. The summed E-state index contributed by atoms with van der Waals surface area (Å²) in [5, 5.41) is 3.39. The van der Waals surface area contributed by atoms with Crippen LogP contribution in [0.5, 0.6) is 0 Å². The van der Waals surface area contributed by atoms with Crippen LogP contribution in [0.25, 0.3) is 0 Å². The van der Waals surface area contributed by atoms with E-state index in [2.05, 4.69) is 37.1 Å². The molecule has 0 amide bonds. The fourth-order valence-corrected chi connectivity index (χ4v) is 1.98. The van der Waals surface area contributed by atoms with Crippen LogP contribution in [-0.2, 0) is 6.42 Å². The molecule has 1 aliphatic rings. The molecule has 0 atom stereocenters. The van der Waals surface area contributed by atoms with Gasteiger partial charge in [-0.2, -0.15) is 0 Å². The van der Waals surface area contributed by atoms with E-state index in [1.54, 1.807) is 0 Å². The van der Waals surface area contributed by atoms with Gasteiger partial charge in [-0.15, -0.1) is 0 Å². The van der Waals surface area contributed by atoms with Gasteiger partial charge < -0.3 is 5.32 Å². The second-order valence-electron chi connectivity index (χ2n) is 5.73. The van der Waals surface area contributed by atoms with Crippen molar-refractivity contribution in [3.63, 3.8) is 0 Å². The fourth-order valence-electron chi connectivity index (χ4n) is 1.98. The normalized spacial score (nSPS) is 15.1. The van der Waals surface area contributed by atoms with E-state index in [4.69, 9.17) is 4.98 Å². The summed E-state index contributed by atoms with van der Waals surface area (Å²) in [6.45, 7) is 7.67. The largest absolute Gasteiger partial charge is 0.370 e. The smallest absolute Gasteiger partial charge is 0.131 e. The number of nitrogens with one attached hydrogen (secondary N) is 1. The number of nitrogens with zero attached hydrogens (tertiary/aromatic N) is 2. The maximum Gasteiger partial charge on any atom is 0.131 e. The minimum atomic E-state index is 0.702. The lowest BCUT2D eigenvalue weighted by atomic mass is 10.1. The lowest BCUT2D eigenvalue weighted by molar-refractivity contribution is 0.573. The summed E-state index contributed by atoms with van der Waals surface area (Å²) in [5.74, 6) is 3.46. The third-order valence-electron chi connectivity index (χ3n) is 3.29. The summed E-state index contributed by atoms with van der Waals surface area (Å²) in [6, 6.07) is 2.15. The van der Waals surface area contributed by atoms with Gasteiger partial charge in [-0.05, 0) is 31.6 Å². The first-order valence-corrected chi connectivity index (χ1v) is 7.30. The molecule has 0 aromatic carbocycles. The van der Waals surface area contributed by atoms with Crippen molar-refractivity contribution in [2.75, 3.05) is 11.9 Å². The Morgan fingerprint density at radius 3 is 2.72 bits per heavy atom. The predicted octanol–water partition coefficient (Wildman–Crippen LogP) is 3.76. The molecule has 3 nitrogen and oxygen atoms in total. The van der Waals surface area contributed by atoms with E-state index in [0.29, 0.717) is 11.8 Å². The van der Waals surface area contributed by atoms with Crippen molar-refractivity contribution in [3.05, 3.63) is 17.6 Å². The predicted molar refractivity (Wildman–Crippen MR) is 75.9 cm³/mol. The number of hydrogen-bond donors (Lipinski definition) is 1. The van der Waals surface area contributed by atoms with E-state index < -0.39 is 0 Å². The molecule has 0 saturated heterocycles. The molecule has 0 aliphatic heterocycles. The molecule has 1 heterocycles. The quantitative estimate of drug-likeness (QED) is 0.797. The molecule has 1 fully saturated rings. The fraction of sp³-hybridized carbons (Fsp3) is 0.733. The summed E-state index contributed by atoms with van der Waals surface area (Å²) >= 11 is 0. The summed E-state index contributed by atoms with van der Waals surface area (Å²) in [7, 11) is 0. The molecule has 3 heteroatoms. The van der Waals surface area contributed by atoms with Gasteiger partial charge in [-0.1, -0.05) is 20.8 Å². The zero-order chi connectivity index (χ0) is 13.0. The van der Waals surface area contributed by atoms with Gasteiger partial charge >= 0.3 is 0 Å². The highest BCUT2D eigenvalue weighted by Gasteiger charge is 2.26. The van der Waals surface area contributed by atoms with Crippen LogP contribution in [0.4, 0.5) is 5.82 Å². The van der Waals surface area contributed by atoms with Crippen LogP contribution in [0.15, 0.2) is 6.07 Å². The van der Waals surface area contributed by atoms with E-state index in [-0.39, 0.29) is 0 Å². The van der Waals surface area contributed by atoms with Gasteiger partial charge in [-0.25, -0.2) is 9.97 Å². The zero-order valence-electron chi connectivity index (χ0n) is 11.9. The van der Waals surface area contributed by atoms with Crippen molar-refractivity contribution in [2.24, 2.45) is 5.92 Å². The lowest BCUT2D eigenvalue weighted by Gasteiger charge is -2.10. The second-order valence-corrected chi connectivity index (χ2v) is 5.73. The van der Waals surface area contributed by atoms with E-state index in [0.717, 1.165) is 31.0 Å². The van der Waals surface area contributed by atoms with Crippen LogP contribution < -0.4 is 5.32 Å². The molecule has 1 saturated carbocycles. The summed E-state index contributed by atoms with van der Waals surface area (Å²) in [4.78, 5) is 9.36. The van der Waals surface area contributed by atoms with Gasteiger partial charge in [0.25, 0.3) is 0 Å². The molecule has 0 radical (unpaired) electrons. The minimum absolute atomic E-state index is 0.702. The third kappa shape index (κ3) is 3.97. The average molecular weight is 247 g/mol. The van der Waals surface area contributed by atoms with Crippen LogP contribution in [-0.4, -0.2) is 16.5 Å². The Labute approximate surface area is 110 Å². The zero-order valence-corrected chi connectivity index (χ0v) is 11.9. The van der Waals surface area contributed by atoms with E-state index >= 15 is 0 Å². The second kappa shape index (κ2) is 6.17. The van der Waals surface area contributed by atoms with Crippen molar-refractivity contribution >= 4 is 5.82 Å². The van der Waals surface area contributed by atoms with Crippen molar-refractivity contribution in [1.29, 1.82) is 0 Å². The van der Waals surface area contributed by atoms with Crippen LogP contribution in [0, 0.1) is 5.92 Å². The number of hydrogen-bond acceptors (Lipinski definition) is 3. The molecule has 1 aromatic rings. The molecule has 1 aromatic heterocycles. The molecule has 0 unspecified atom stereocenters. The average Bonchev–Trinajstić information content (AvgIpc) is 3.18. The molecule has 0 spiro atoms. The van der Waals surface area contributed by atoms with Crippen molar-refractivity contribution < 1.29 is 0 Å². The summed E-state index contributed by atoms with van der Waals surface area (Å²) in [5.41, 5.74) is 1.25. The number of anilines is 1. The van der Waals surface area contributed by atoms with Crippen LogP contribution in [0.2, 0.25) is 0 Å². The Hall–Kier alpha value is -1.12. The third-order valence-corrected chi connectivity index (χ3v) is 3.29.